The summed E-state index contributed by atoms with van der Waals surface area (Å²) in [6, 6.07) is 5.29. The van der Waals surface area contributed by atoms with Crippen molar-refractivity contribution in [2.75, 3.05) is 12.4 Å². The largest absolute Gasteiger partial charge is 0.496 e. The van der Waals surface area contributed by atoms with Gasteiger partial charge in [-0.1, -0.05) is 0 Å². The number of nitrogens with two attached hydrogens (primary N) is 1. The van der Waals surface area contributed by atoms with E-state index in [1.807, 2.05) is 0 Å². The molecule has 0 fully saturated rings. The SMILES string of the molecule is COc1ccc(NC(=O)C(C)(C)N)cc1Br. The molecule has 1 rings (SSSR count). The van der Waals surface area contributed by atoms with Crippen LogP contribution in [0.3, 0.4) is 0 Å². The lowest BCUT2D eigenvalue weighted by Crippen LogP contribution is -2.45. The fourth-order valence-corrected chi connectivity index (χ4v) is 1.58. The third-order valence-corrected chi connectivity index (χ3v) is 2.61. The lowest BCUT2D eigenvalue weighted by Gasteiger charge is -2.18. The minimum Gasteiger partial charge on any atom is -0.496 e. The van der Waals surface area contributed by atoms with Crippen molar-refractivity contribution >= 4 is 27.5 Å². The number of rotatable bonds is 3. The van der Waals surface area contributed by atoms with E-state index in [1.165, 1.54) is 0 Å². The Kier molecular flexibility index (Phi) is 3.93. The first-order valence-corrected chi connectivity index (χ1v) is 5.58. The van der Waals surface area contributed by atoms with Gasteiger partial charge in [-0.05, 0) is 48.0 Å². The smallest absolute Gasteiger partial charge is 0.243 e. The number of carbonyl (C=O) groups is 1. The highest BCUT2D eigenvalue weighted by molar-refractivity contribution is 9.10. The highest BCUT2D eigenvalue weighted by atomic mass is 79.9. The van der Waals surface area contributed by atoms with Crippen LogP contribution in [0.25, 0.3) is 0 Å². The zero-order chi connectivity index (χ0) is 12.3. The molecular weight excluding hydrogens is 272 g/mol. The zero-order valence-electron chi connectivity index (χ0n) is 9.50. The third kappa shape index (κ3) is 3.21. The van der Waals surface area contributed by atoms with Gasteiger partial charge in [-0.2, -0.15) is 0 Å². The molecule has 0 saturated carbocycles. The monoisotopic (exact) mass is 286 g/mol. The van der Waals surface area contributed by atoms with Gasteiger partial charge in [0.15, 0.2) is 0 Å². The molecule has 1 aromatic carbocycles. The summed E-state index contributed by atoms with van der Waals surface area (Å²) in [6.45, 7) is 3.31. The van der Waals surface area contributed by atoms with Gasteiger partial charge in [0.2, 0.25) is 5.91 Å². The van der Waals surface area contributed by atoms with Gasteiger partial charge < -0.3 is 15.8 Å². The number of halogens is 1. The van der Waals surface area contributed by atoms with Crippen LogP contribution in [0.5, 0.6) is 5.75 Å². The fourth-order valence-electron chi connectivity index (χ4n) is 1.04. The Hall–Kier alpha value is -1.07. The van der Waals surface area contributed by atoms with E-state index in [0.29, 0.717) is 11.4 Å². The average Bonchev–Trinajstić information content (AvgIpc) is 2.16. The topological polar surface area (TPSA) is 64.3 Å². The minimum absolute atomic E-state index is 0.232. The Morgan fingerprint density at radius 2 is 2.12 bits per heavy atom. The number of nitrogens with one attached hydrogen (secondary N) is 1. The maximum absolute atomic E-state index is 11.6. The van der Waals surface area contributed by atoms with Crippen molar-refractivity contribution in [3.05, 3.63) is 22.7 Å². The minimum atomic E-state index is -0.896. The first-order valence-electron chi connectivity index (χ1n) is 4.78. The van der Waals surface area contributed by atoms with Crippen molar-refractivity contribution in [1.82, 2.24) is 0 Å². The third-order valence-electron chi connectivity index (χ3n) is 1.99. The first-order chi connectivity index (χ1) is 7.34. The van der Waals surface area contributed by atoms with Crippen LogP contribution in [0.1, 0.15) is 13.8 Å². The molecule has 0 saturated heterocycles. The number of ether oxygens (including phenoxy) is 1. The van der Waals surface area contributed by atoms with Crippen molar-refractivity contribution in [1.29, 1.82) is 0 Å². The molecule has 1 aromatic rings. The summed E-state index contributed by atoms with van der Waals surface area (Å²) < 4.78 is 5.87. The van der Waals surface area contributed by atoms with Crippen molar-refractivity contribution in [2.24, 2.45) is 5.73 Å². The van der Waals surface area contributed by atoms with Crippen molar-refractivity contribution in [3.63, 3.8) is 0 Å². The molecule has 0 radical (unpaired) electrons. The summed E-state index contributed by atoms with van der Waals surface area (Å²) in [6.07, 6.45) is 0. The Morgan fingerprint density at radius 3 is 2.56 bits per heavy atom. The van der Waals surface area contributed by atoms with Gasteiger partial charge in [0.05, 0.1) is 17.1 Å². The Labute approximate surface area is 103 Å². The predicted molar refractivity (Wildman–Crippen MR) is 67.6 cm³/mol. The quantitative estimate of drug-likeness (QED) is 0.895. The molecule has 1 amide bonds. The van der Waals surface area contributed by atoms with Gasteiger partial charge >= 0.3 is 0 Å². The summed E-state index contributed by atoms with van der Waals surface area (Å²) in [4.78, 5) is 11.6. The summed E-state index contributed by atoms with van der Waals surface area (Å²) in [5.41, 5.74) is 5.45. The Morgan fingerprint density at radius 1 is 1.50 bits per heavy atom. The summed E-state index contributed by atoms with van der Waals surface area (Å²) in [5.74, 6) is 0.481. The van der Waals surface area contributed by atoms with Gasteiger partial charge in [-0.15, -0.1) is 0 Å². The van der Waals surface area contributed by atoms with Crippen molar-refractivity contribution in [2.45, 2.75) is 19.4 Å². The summed E-state index contributed by atoms with van der Waals surface area (Å²) >= 11 is 3.34. The molecule has 0 atom stereocenters. The van der Waals surface area contributed by atoms with Gasteiger partial charge in [-0.25, -0.2) is 0 Å². The number of benzene rings is 1. The second-order valence-electron chi connectivity index (χ2n) is 4.03. The molecule has 0 bridgehead atoms. The van der Waals surface area contributed by atoms with Crippen LogP contribution in [0, 0.1) is 0 Å². The Balaban J connectivity index is 2.84. The van der Waals surface area contributed by atoms with Crippen LogP contribution in [0.4, 0.5) is 5.69 Å². The molecule has 0 aliphatic carbocycles. The predicted octanol–water partition coefficient (Wildman–Crippen LogP) is 2.13. The van der Waals surface area contributed by atoms with E-state index < -0.39 is 5.54 Å². The van der Waals surface area contributed by atoms with Gasteiger partial charge in [0, 0.05) is 5.69 Å². The van der Waals surface area contributed by atoms with Crippen molar-refractivity contribution < 1.29 is 9.53 Å². The second kappa shape index (κ2) is 4.84. The van der Waals surface area contributed by atoms with Crippen LogP contribution in [-0.4, -0.2) is 18.6 Å². The first kappa shape index (κ1) is 13.0. The van der Waals surface area contributed by atoms with E-state index in [4.69, 9.17) is 10.5 Å². The Bertz CT molecular complexity index is 399. The fraction of sp³-hybridized carbons (Fsp3) is 0.364. The standard InChI is InChI=1S/C11H15BrN2O2/c1-11(2,13)10(15)14-7-4-5-9(16-3)8(12)6-7/h4-6H,13H2,1-3H3,(H,14,15). The van der Waals surface area contributed by atoms with Crippen LogP contribution >= 0.6 is 15.9 Å². The van der Waals surface area contributed by atoms with Crippen LogP contribution in [0.2, 0.25) is 0 Å². The molecule has 0 heterocycles. The molecular formula is C11H15BrN2O2. The lowest BCUT2D eigenvalue weighted by molar-refractivity contribution is -0.120. The highest BCUT2D eigenvalue weighted by Crippen LogP contribution is 2.27. The van der Waals surface area contributed by atoms with Gasteiger partial charge in [0.1, 0.15) is 5.75 Å². The molecule has 0 aliphatic rings. The summed E-state index contributed by atoms with van der Waals surface area (Å²) in [5, 5.41) is 2.72. The number of amides is 1. The molecule has 3 N–H and O–H groups in total. The van der Waals surface area contributed by atoms with Gasteiger partial charge in [0.25, 0.3) is 0 Å². The molecule has 0 spiro atoms. The molecule has 4 nitrogen and oxygen atoms in total. The van der Waals surface area contributed by atoms with E-state index in [9.17, 15) is 4.79 Å². The number of carbonyl (C=O) groups excluding carboxylic acids is 1. The molecule has 0 aromatic heterocycles. The van der Waals surface area contributed by atoms with Crippen molar-refractivity contribution in [3.8, 4) is 5.75 Å². The molecule has 0 aliphatic heterocycles. The zero-order valence-corrected chi connectivity index (χ0v) is 11.1. The second-order valence-corrected chi connectivity index (χ2v) is 4.88. The molecule has 0 unspecified atom stereocenters. The van der Waals surface area contributed by atoms with Crippen LogP contribution < -0.4 is 15.8 Å². The maximum Gasteiger partial charge on any atom is 0.243 e. The van der Waals surface area contributed by atoms with Crippen LogP contribution in [0.15, 0.2) is 22.7 Å². The van der Waals surface area contributed by atoms with E-state index in [-0.39, 0.29) is 5.91 Å². The number of anilines is 1. The number of hydrogen-bond donors (Lipinski definition) is 2. The normalized spacial score (nSPS) is 11.1. The number of methoxy groups -OCH3 is 1. The van der Waals surface area contributed by atoms with E-state index in [2.05, 4.69) is 21.2 Å². The van der Waals surface area contributed by atoms with E-state index >= 15 is 0 Å². The molecule has 88 valence electrons. The molecule has 5 heteroatoms. The molecule has 16 heavy (non-hydrogen) atoms. The van der Waals surface area contributed by atoms with E-state index in [1.54, 1.807) is 39.2 Å². The van der Waals surface area contributed by atoms with Crippen LogP contribution in [-0.2, 0) is 4.79 Å². The maximum atomic E-state index is 11.6. The average molecular weight is 287 g/mol. The lowest BCUT2D eigenvalue weighted by atomic mass is 10.1. The number of hydrogen-bond acceptors (Lipinski definition) is 3. The van der Waals surface area contributed by atoms with Gasteiger partial charge in [-0.3, -0.25) is 4.79 Å². The van der Waals surface area contributed by atoms with E-state index in [0.717, 1.165) is 4.47 Å². The highest BCUT2D eigenvalue weighted by Gasteiger charge is 2.21. The summed E-state index contributed by atoms with van der Waals surface area (Å²) in [7, 11) is 1.58.